The van der Waals surface area contributed by atoms with E-state index in [1.54, 1.807) is 7.11 Å². The van der Waals surface area contributed by atoms with Crippen LogP contribution in [0.3, 0.4) is 0 Å². The minimum atomic E-state index is 0.0262. The van der Waals surface area contributed by atoms with E-state index in [0.29, 0.717) is 6.04 Å². The van der Waals surface area contributed by atoms with Crippen LogP contribution in [-0.4, -0.2) is 34.0 Å². The third-order valence-electron chi connectivity index (χ3n) is 4.85. The van der Waals surface area contributed by atoms with Crippen LogP contribution in [0.15, 0.2) is 52.1 Å². The summed E-state index contributed by atoms with van der Waals surface area (Å²) in [5.74, 6) is 1.96. The molecule has 0 N–H and O–H groups in total. The van der Waals surface area contributed by atoms with E-state index in [1.807, 2.05) is 36.2 Å². The van der Waals surface area contributed by atoms with Crippen molar-refractivity contribution in [3.63, 3.8) is 0 Å². The van der Waals surface area contributed by atoms with Crippen molar-refractivity contribution in [1.82, 2.24) is 9.88 Å². The average molecular weight is 418 g/mol. The zero-order valence-corrected chi connectivity index (χ0v) is 16.6. The van der Waals surface area contributed by atoms with E-state index in [4.69, 9.17) is 9.73 Å². The number of fused-ring (bicyclic) bond motifs is 1. The minimum Gasteiger partial charge on any atom is -0.496 e. The second kappa shape index (κ2) is 7.00. The molecule has 0 unspecified atom stereocenters. The molecule has 0 radical (unpaired) electrons. The van der Waals surface area contributed by atoms with Crippen LogP contribution in [0.5, 0.6) is 5.75 Å². The van der Waals surface area contributed by atoms with Gasteiger partial charge in [-0.05, 0) is 52.2 Å². The molecule has 1 fully saturated rings. The fraction of sp³-hybridized carbons (Fsp3) is 0.368. The molecule has 4 rings (SSSR count). The minimum absolute atomic E-state index is 0.0262. The maximum absolute atomic E-state index is 5.40. The lowest BCUT2D eigenvalue weighted by molar-refractivity contribution is 0.255. The molecule has 130 valence electrons. The van der Waals surface area contributed by atoms with Crippen molar-refractivity contribution >= 4 is 32.9 Å². The molecule has 3 heterocycles. The summed E-state index contributed by atoms with van der Waals surface area (Å²) in [6.45, 7) is 2.25. The molecule has 3 atom stereocenters. The van der Waals surface area contributed by atoms with Gasteiger partial charge in [-0.15, -0.1) is 0 Å². The number of amidine groups is 1. The third-order valence-corrected chi connectivity index (χ3v) is 6.59. The summed E-state index contributed by atoms with van der Waals surface area (Å²) in [6, 6.07) is 13.1. The molecule has 0 aliphatic carbocycles. The van der Waals surface area contributed by atoms with Crippen LogP contribution < -0.4 is 4.74 Å². The Labute approximate surface area is 160 Å². The van der Waals surface area contributed by atoms with Crippen LogP contribution >= 0.6 is 27.7 Å². The Balaban J connectivity index is 1.79. The molecule has 6 heteroatoms. The van der Waals surface area contributed by atoms with Gasteiger partial charge in [0.25, 0.3) is 0 Å². The maximum Gasteiger partial charge on any atom is 0.160 e. The van der Waals surface area contributed by atoms with E-state index in [2.05, 4.69) is 50.9 Å². The Bertz CT molecular complexity index is 799. The molecule has 1 saturated heterocycles. The van der Waals surface area contributed by atoms with E-state index in [0.717, 1.165) is 33.3 Å². The highest BCUT2D eigenvalue weighted by atomic mass is 79.9. The number of nitrogens with zero attached hydrogens (tertiary/aromatic N) is 3. The lowest BCUT2D eigenvalue weighted by atomic mass is 9.95. The summed E-state index contributed by atoms with van der Waals surface area (Å²) < 4.78 is 6.37. The van der Waals surface area contributed by atoms with Crippen molar-refractivity contribution < 1.29 is 4.74 Å². The molecule has 2 aromatic rings. The van der Waals surface area contributed by atoms with Crippen LogP contribution in [0, 0.1) is 0 Å². The molecular weight excluding hydrogens is 398 g/mol. The lowest BCUT2D eigenvalue weighted by Crippen LogP contribution is -2.35. The van der Waals surface area contributed by atoms with Gasteiger partial charge >= 0.3 is 0 Å². The molecule has 0 amide bonds. The van der Waals surface area contributed by atoms with Crippen LogP contribution in [0.1, 0.15) is 36.7 Å². The molecule has 4 nitrogen and oxygen atoms in total. The Morgan fingerprint density at radius 2 is 2.20 bits per heavy atom. The van der Waals surface area contributed by atoms with Crippen molar-refractivity contribution in [3.05, 3.63) is 58.3 Å². The van der Waals surface area contributed by atoms with E-state index >= 15 is 0 Å². The van der Waals surface area contributed by atoms with Gasteiger partial charge < -0.3 is 9.64 Å². The lowest BCUT2D eigenvalue weighted by Gasteiger charge is -2.32. The second-order valence-electron chi connectivity index (χ2n) is 6.23. The number of aliphatic imine (C=N–C) groups is 1. The van der Waals surface area contributed by atoms with Gasteiger partial charge in [0, 0.05) is 18.0 Å². The number of hydrogen-bond acceptors (Lipinski definition) is 5. The van der Waals surface area contributed by atoms with Crippen LogP contribution in [0.2, 0.25) is 0 Å². The first-order chi connectivity index (χ1) is 12.2. The highest BCUT2D eigenvalue weighted by Crippen LogP contribution is 2.49. The van der Waals surface area contributed by atoms with Gasteiger partial charge in [-0.3, -0.25) is 9.98 Å². The average Bonchev–Trinajstić information content (AvgIpc) is 3.21. The van der Waals surface area contributed by atoms with Gasteiger partial charge in [-0.2, -0.15) is 0 Å². The van der Waals surface area contributed by atoms with Crippen molar-refractivity contribution in [2.24, 2.45) is 4.99 Å². The van der Waals surface area contributed by atoms with Gasteiger partial charge in [-0.1, -0.05) is 30.8 Å². The van der Waals surface area contributed by atoms with Gasteiger partial charge in [0.2, 0.25) is 0 Å². The fourth-order valence-corrected chi connectivity index (χ4v) is 5.47. The number of pyridine rings is 1. The summed E-state index contributed by atoms with van der Waals surface area (Å²) >= 11 is 5.50. The number of benzene rings is 1. The largest absolute Gasteiger partial charge is 0.496 e. The molecule has 25 heavy (non-hydrogen) atoms. The SMILES string of the molecule is CC[C@@H]1CSC2=N[C@@H](c3ccccn3)[C@@H](c3ccc(OC)c(Br)c3)N21. The molecule has 2 aliphatic rings. The Hall–Kier alpha value is -1.53. The Morgan fingerprint density at radius 3 is 2.88 bits per heavy atom. The molecular formula is C19H20BrN3OS. The van der Waals surface area contributed by atoms with E-state index in [1.165, 1.54) is 5.56 Å². The summed E-state index contributed by atoms with van der Waals surface area (Å²) in [5.41, 5.74) is 2.26. The highest BCUT2D eigenvalue weighted by Gasteiger charge is 2.45. The van der Waals surface area contributed by atoms with Crippen LogP contribution in [0.25, 0.3) is 0 Å². The summed E-state index contributed by atoms with van der Waals surface area (Å²) in [4.78, 5) is 12.1. The van der Waals surface area contributed by atoms with Gasteiger partial charge in [-0.25, -0.2) is 0 Å². The summed E-state index contributed by atoms with van der Waals surface area (Å²) in [7, 11) is 1.69. The predicted molar refractivity (Wildman–Crippen MR) is 106 cm³/mol. The number of ether oxygens (including phenoxy) is 1. The summed E-state index contributed by atoms with van der Waals surface area (Å²) in [6.07, 6.45) is 2.97. The van der Waals surface area contributed by atoms with Crippen molar-refractivity contribution in [1.29, 1.82) is 0 Å². The highest BCUT2D eigenvalue weighted by molar-refractivity contribution is 9.10. The van der Waals surface area contributed by atoms with E-state index in [-0.39, 0.29) is 12.1 Å². The van der Waals surface area contributed by atoms with Crippen molar-refractivity contribution in [2.75, 3.05) is 12.9 Å². The first kappa shape index (κ1) is 16.9. The first-order valence-corrected chi connectivity index (χ1v) is 10.2. The number of rotatable bonds is 4. The number of methoxy groups -OCH3 is 1. The van der Waals surface area contributed by atoms with Crippen molar-refractivity contribution in [2.45, 2.75) is 31.5 Å². The molecule has 1 aromatic heterocycles. The molecule has 2 aliphatic heterocycles. The first-order valence-electron chi connectivity index (χ1n) is 8.46. The van der Waals surface area contributed by atoms with E-state index < -0.39 is 0 Å². The monoisotopic (exact) mass is 417 g/mol. The standard InChI is InChI=1S/C19H20BrN3OS/c1-3-13-11-25-19-22-17(15-6-4-5-9-21-15)18(23(13)19)12-7-8-16(24-2)14(20)10-12/h4-10,13,17-18H,3,11H2,1-2H3/t13-,17+,18-/m1/s1. The normalized spacial score (nSPS) is 25.0. The Kier molecular flexibility index (Phi) is 4.73. The molecule has 1 aromatic carbocycles. The molecule has 0 bridgehead atoms. The topological polar surface area (TPSA) is 37.7 Å². The second-order valence-corrected chi connectivity index (χ2v) is 8.07. The maximum atomic E-state index is 5.40. The zero-order valence-electron chi connectivity index (χ0n) is 14.2. The smallest absolute Gasteiger partial charge is 0.160 e. The van der Waals surface area contributed by atoms with Gasteiger partial charge in [0.15, 0.2) is 5.17 Å². The summed E-state index contributed by atoms with van der Waals surface area (Å²) in [5, 5.41) is 1.15. The van der Waals surface area contributed by atoms with Crippen molar-refractivity contribution in [3.8, 4) is 5.75 Å². The fourth-order valence-electron chi connectivity index (χ4n) is 3.58. The molecule has 0 saturated carbocycles. The number of aromatic nitrogens is 1. The predicted octanol–water partition coefficient (Wildman–Crippen LogP) is 4.83. The molecule has 0 spiro atoms. The van der Waals surface area contributed by atoms with Crippen LogP contribution in [-0.2, 0) is 0 Å². The third kappa shape index (κ3) is 2.95. The number of thioether (sulfide) groups is 1. The zero-order chi connectivity index (χ0) is 17.4. The number of halogens is 1. The van der Waals surface area contributed by atoms with Crippen LogP contribution in [0.4, 0.5) is 0 Å². The Morgan fingerprint density at radius 1 is 1.32 bits per heavy atom. The quantitative estimate of drug-likeness (QED) is 0.713. The van der Waals surface area contributed by atoms with Gasteiger partial charge in [0.05, 0.1) is 23.3 Å². The van der Waals surface area contributed by atoms with Gasteiger partial charge in [0.1, 0.15) is 11.8 Å². The van der Waals surface area contributed by atoms with E-state index in [9.17, 15) is 0 Å². The number of hydrogen-bond donors (Lipinski definition) is 0.